The molecule has 0 radical (unpaired) electrons. The minimum Gasteiger partial charge on any atom is -0.416 e. The number of nitrogens with one attached hydrogen (secondary N) is 1. The molecule has 2 aromatic carbocycles. The molecule has 0 saturated heterocycles. The molecule has 0 bridgehead atoms. The first-order valence-corrected chi connectivity index (χ1v) is 10.6. The molecule has 1 saturated carbocycles. The molecule has 1 amide bonds. The van der Waals surface area contributed by atoms with Gasteiger partial charge in [0.2, 0.25) is 11.8 Å². The summed E-state index contributed by atoms with van der Waals surface area (Å²) in [5, 5.41) is 11.5. The zero-order valence-corrected chi connectivity index (χ0v) is 16.4. The second-order valence-corrected chi connectivity index (χ2v) is 7.91. The maximum atomic E-state index is 12.2. The van der Waals surface area contributed by atoms with E-state index in [1.807, 2.05) is 12.1 Å². The number of rotatable bonds is 9. The first-order valence-electron chi connectivity index (χ1n) is 9.62. The van der Waals surface area contributed by atoms with Crippen LogP contribution in [-0.2, 0) is 4.79 Å². The van der Waals surface area contributed by atoms with Crippen LogP contribution in [0.2, 0.25) is 0 Å². The van der Waals surface area contributed by atoms with E-state index >= 15 is 0 Å². The average molecular weight is 394 g/mol. The highest BCUT2D eigenvalue weighted by Gasteiger charge is 2.29. The number of hydrogen-bond acceptors (Lipinski definition) is 5. The van der Waals surface area contributed by atoms with Crippen LogP contribution in [0.15, 0.2) is 70.3 Å². The summed E-state index contributed by atoms with van der Waals surface area (Å²) in [6.07, 6.45) is 3.09. The van der Waals surface area contributed by atoms with Crippen LogP contribution in [0.25, 0.3) is 0 Å². The summed E-state index contributed by atoms with van der Waals surface area (Å²) in [6.45, 7) is 0.616. The van der Waals surface area contributed by atoms with E-state index in [9.17, 15) is 4.79 Å². The predicted octanol–water partition coefficient (Wildman–Crippen LogP) is 4.38. The number of aromatic nitrogens is 2. The summed E-state index contributed by atoms with van der Waals surface area (Å²) in [5.41, 5.74) is 2.52. The second kappa shape index (κ2) is 9.06. The Hall–Kier alpha value is -2.60. The smallest absolute Gasteiger partial charge is 0.277 e. The molecule has 1 aliphatic rings. The van der Waals surface area contributed by atoms with Crippen LogP contribution in [0.5, 0.6) is 0 Å². The third-order valence-corrected chi connectivity index (χ3v) is 5.65. The van der Waals surface area contributed by atoms with Gasteiger partial charge in [0, 0.05) is 18.4 Å². The van der Waals surface area contributed by atoms with Crippen molar-refractivity contribution in [3.05, 3.63) is 77.7 Å². The van der Waals surface area contributed by atoms with Crippen molar-refractivity contribution in [3.63, 3.8) is 0 Å². The molecule has 1 aliphatic carbocycles. The van der Waals surface area contributed by atoms with Crippen molar-refractivity contribution in [2.45, 2.75) is 36.3 Å². The molecule has 0 atom stereocenters. The van der Waals surface area contributed by atoms with Crippen LogP contribution in [0.3, 0.4) is 0 Å². The molecule has 3 aromatic rings. The van der Waals surface area contributed by atoms with E-state index in [0.29, 0.717) is 23.6 Å². The van der Waals surface area contributed by atoms with E-state index < -0.39 is 0 Å². The van der Waals surface area contributed by atoms with Crippen LogP contribution in [-0.4, -0.2) is 28.4 Å². The molecule has 0 aliphatic heterocycles. The predicted molar refractivity (Wildman–Crippen MR) is 109 cm³/mol. The van der Waals surface area contributed by atoms with Crippen molar-refractivity contribution < 1.29 is 9.21 Å². The molecule has 0 unspecified atom stereocenters. The number of carbonyl (C=O) groups is 1. The lowest BCUT2D eigenvalue weighted by Crippen LogP contribution is -2.27. The molecule has 1 N–H and O–H groups in total. The Morgan fingerprint density at radius 3 is 2.29 bits per heavy atom. The summed E-state index contributed by atoms with van der Waals surface area (Å²) in [5.74, 6) is 1.66. The van der Waals surface area contributed by atoms with E-state index in [-0.39, 0.29) is 17.6 Å². The molecule has 5 nitrogen and oxygen atoms in total. The SMILES string of the molecule is O=C(CSc1nnc(C2CC2)o1)NCCC(c1ccccc1)c1ccccc1. The lowest BCUT2D eigenvalue weighted by atomic mass is 9.88. The molecule has 0 spiro atoms. The van der Waals surface area contributed by atoms with Gasteiger partial charge >= 0.3 is 0 Å². The molecular weight excluding hydrogens is 370 g/mol. The highest BCUT2D eigenvalue weighted by atomic mass is 32.2. The maximum Gasteiger partial charge on any atom is 0.277 e. The first-order chi connectivity index (χ1) is 13.8. The van der Waals surface area contributed by atoms with Gasteiger partial charge < -0.3 is 9.73 Å². The molecule has 1 aromatic heterocycles. The summed E-state index contributed by atoms with van der Waals surface area (Å²) < 4.78 is 5.58. The molecule has 4 rings (SSSR count). The minimum absolute atomic E-state index is 0.0176. The van der Waals surface area contributed by atoms with Gasteiger partial charge in [-0.05, 0) is 30.4 Å². The lowest BCUT2D eigenvalue weighted by Gasteiger charge is -2.18. The highest BCUT2D eigenvalue weighted by molar-refractivity contribution is 7.99. The Morgan fingerprint density at radius 1 is 1.04 bits per heavy atom. The van der Waals surface area contributed by atoms with Gasteiger partial charge in [0.1, 0.15) is 0 Å². The molecule has 6 heteroatoms. The number of amides is 1. The highest BCUT2D eigenvalue weighted by Crippen LogP contribution is 2.39. The van der Waals surface area contributed by atoms with E-state index in [0.717, 1.165) is 19.3 Å². The largest absolute Gasteiger partial charge is 0.416 e. The normalized spacial score (nSPS) is 13.6. The zero-order chi connectivity index (χ0) is 19.2. The van der Waals surface area contributed by atoms with Crippen LogP contribution < -0.4 is 5.32 Å². The van der Waals surface area contributed by atoms with Crippen LogP contribution in [0.1, 0.15) is 48.1 Å². The summed E-state index contributed by atoms with van der Waals surface area (Å²) in [6, 6.07) is 20.8. The quantitative estimate of drug-likeness (QED) is 0.547. The van der Waals surface area contributed by atoms with Gasteiger partial charge in [-0.1, -0.05) is 72.4 Å². The standard InChI is InChI=1S/C22H23N3O2S/c26-20(15-28-22-25-24-21(27-22)18-11-12-18)23-14-13-19(16-7-3-1-4-8-16)17-9-5-2-6-10-17/h1-10,18-19H,11-15H2,(H,23,26). The number of benzene rings is 2. The summed E-state index contributed by atoms with van der Waals surface area (Å²) >= 11 is 1.29. The minimum atomic E-state index is -0.0176. The number of carbonyl (C=O) groups excluding carboxylic acids is 1. The van der Waals surface area contributed by atoms with Crippen molar-refractivity contribution in [1.82, 2.24) is 15.5 Å². The Kier molecular flexibility index (Phi) is 6.07. The van der Waals surface area contributed by atoms with Crippen molar-refractivity contribution >= 4 is 17.7 Å². The molecule has 28 heavy (non-hydrogen) atoms. The zero-order valence-electron chi connectivity index (χ0n) is 15.6. The molecule has 1 heterocycles. The van der Waals surface area contributed by atoms with Crippen LogP contribution >= 0.6 is 11.8 Å². The van der Waals surface area contributed by atoms with Gasteiger partial charge in [0.05, 0.1) is 5.75 Å². The summed E-state index contributed by atoms with van der Waals surface area (Å²) in [4.78, 5) is 12.2. The van der Waals surface area contributed by atoms with Gasteiger partial charge in [-0.15, -0.1) is 10.2 Å². The average Bonchev–Trinajstić information content (AvgIpc) is 3.49. The lowest BCUT2D eigenvalue weighted by molar-refractivity contribution is -0.118. The van der Waals surface area contributed by atoms with Crippen LogP contribution in [0.4, 0.5) is 0 Å². The van der Waals surface area contributed by atoms with Crippen molar-refractivity contribution in [2.75, 3.05) is 12.3 Å². The fraction of sp³-hybridized carbons (Fsp3) is 0.318. The number of nitrogens with zero attached hydrogens (tertiary/aromatic N) is 2. The van der Waals surface area contributed by atoms with Crippen molar-refractivity contribution in [2.24, 2.45) is 0 Å². The van der Waals surface area contributed by atoms with Gasteiger partial charge in [0.15, 0.2) is 0 Å². The van der Waals surface area contributed by atoms with E-state index in [2.05, 4.69) is 64.0 Å². The summed E-state index contributed by atoms with van der Waals surface area (Å²) in [7, 11) is 0. The third kappa shape index (κ3) is 5.01. The number of hydrogen-bond donors (Lipinski definition) is 1. The molecule has 144 valence electrons. The fourth-order valence-corrected chi connectivity index (χ4v) is 3.80. The number of thioether (sulfide) groups is 1. The molecule has 1 fully saturated rings. The second-order valence-electron chi connectivity index (χ2n) is 6.98. The van der Waals surface area contributed by atoms with Gasteiger partial charge in [0.25, 0.3) is 5.22 Å². The van der Waals surface area contributed by atoms with Crippen molar-refractivity contribution in [3.8, 4) is 0 Å². The van der Waals surface area contributed by atoms with E-state index in [1.54, 1.807) is 0 Å². The Labute approximate surface area is 168 Å². The topological polar surface area (TPSA) is 68.0 Å². The Bertz CT molecular complexity index is 855. The third-order valence-electron chi connectivity index (χ3n) is 4.83. The van der Waals surface area contributed by atoms with Gasteiger partial charge in [-0.25, -0.2) is 0 Å². The van der Waals surface area contributed by atoms with Crippen LogP contribution in [0, 0.1) is 0 Å². The first kappa shape index (κ1) is 18.7. The fourth-order valence-electron chi connectivity index (χ4n) is 3.20. The Morgan fingerprint density at radius 2 is 1.68 bits per heavy atom. The Balaban J connectivity index is 1.28. The van der Waals surface area contributed by atoms with E-state index in [4.69, 9.17) is 4.42 Å². The monoisotopic (exact) mass is 393 g/mol. The maximum absolute atomic E-state index is 12.2. The van der Waals surface area contributed by atoms with Crippen molar-refractivity contribution in [1.29, 1.82) is 0 Å². The van der Waals surface area contributed by atoms with Gasteiger partial charge in [-0.2, -0.15) is 0 Å². The van der Waals surface area contributed by atoms with E-state index in [1.165, 1.54) is 22.9 Å². The van der Waals surface area contributed by atoms with Gasteiger partial charge in [-0.3, -0.25) is 4.79 Å². The molecular formula is C22H23N3O2S.